The van der Waals surface area contributed by atoms with Crippen molar-refractivity contribution in [2.24, 2.45) is 5.10 Å². The topological polar surface area (TPSA) is 86.2 Å². The SMILES string of the molecule is COc1ccc(C(=O)Oc2cccc(C=NNC(=O)COc3ccc(Cl)cc3)c2)cc1. The van der Waals surface area contributed by atoms with Crippen LogP contribution in [-0.2, 0) is 4.79 Å². The van der Waals surface area contributed by atoms with Gasteiger partial charge in [-0.15, -0.1) is 0 Å². The van der Waals surface area contributed by atoms with Crippen molar-refractivity contribution in [1.29, 1.82) is 0 Å². The molecule has 0 radical (unpaired) electrons. The average Bonchev–Trinajstić information content (AvgIpc) is 2.79. The van der Waals surface area contributed by atoms with Crippen LogP contribution in [0.5, 0.6) is 17.2 Å². The summed E-state index contributed by atoms with van der Waals surface area (Å²) < 4.78 is 15.8. The van der Waals surface area contributed by atoms with Gasteiger partial charge in [-0.2, -0.15) is 5.10 Å². The fourth-order valence-corrected chi connectivity index (χ4v) is 2.57. The Morgan fingerprint density at radius 3 is 2.39 bits per heavy atom. The summed E-state index contributed by atoms with van der Waals surface area (Å²) in [6.07, 6.45) is 1.44. The third-order valence-electron chi connectivity index (χ3n) is 3.98. The van der Waals surface area contributed by atoms with Crippen LogP contribution in [-0.4, -0.2) is 31.8 Å². The Morgan fingerprint density at radius 2 is 1.68 bits per heavy atom. The quantitative estimate of drug-likeness (QED) is 0.248. The predicted molar refractivity (Wildman–Crippen MR) is 117 cm³/mol. The number of nitrogens with zero attached hydrogens (tertiary/aromatic N) is 1. The van der Waals surface area contributed by atoms with Crippen molar-refractivity contribution >= 4 is 29.7 Å². The minimum Gasteiger partial charge on any atom is -0.497 e. The number of ether oxygens (including phenoxy) is 3. The van der Waals surface area contributed by atoms with E-state index in [1.165, 1.54) is 6.21 Å². The van der Waals surface area contributed by atoms with Gasteiger partial charge in [0.2, 0.25) is 0 Å². The van der Waals surface area contributed by atoms with E-state index in [0.717, 1.165) is 0 Å². The fourth-order valence-electron chi connectivity index (χ4n) is 2.44. The van der Waals surface area contributed by atoms with E-state index < -0.39 is 11.9 Å². The molecule has 8 heteroatoms. The summed E-state index contributed by atoms with van der Waals surface area (Å²) >= 11 is 5.80. The lowest BCUT2D eigenvalue weighted by Gasteiger charge is -2.06. The van der Waals surface area contributed by atoms with Gasteiger partial charge in [-0.05, 0) is 66.2 Å². The molecule has 3 aromatic rings. The lowest BCUT2D eigenvalue weighted by Crippen LogP contribution is -2.24. The molecule has 0 atom stereocenters. The maximum Gasteiger partial charge on any atom is 0.343 e. The number of carbonyl (C=O) groups excluding carboxylic acids is 2. The molecule has 0 spiro atoms. The molecule has 1 amide bonds. The summed E-state index contributed by atoms with van der Waals surface area (Å²) in [5.74, 6) is 0.602. The summed E-state index contributed by atoms with van der Waals surface area (Å²) in [6, 6.07) is 20.0. The summed E-state index contributed by atoms with van der Waals surface area (Å²) in [6.45, 7) is -0.196. The highest BCUT2D eigenvalue weighted by Gasteiger charge is 2.09. The summed E-state index contributed by atoms with van der Waals surface area (Å²) in [5, 5.41) is 4.47. The molecule has 0 bridgehead atoms. The van der Waals surface area contributed by atoms with Crippen LogP contribution in [0, 0.1) is 0 Å². The minimum absolute atomic E-state index is 0.196. The van der Waals surface area contributed by atoms with Gasteiger partial charge in [-0.25, -0.2) is 10.2 Å². The van der Waals surface area contributed by atoms with Crippen molar-refractivity contribution in [3.63, 3.8) is 0 Å². The lowest BCUT2D eigenvalue weighted by atomic mass is 10.2. The largest absolute Gasteiger partial charge is 0.497 e. The second-order valence-corrected chi connectivity index (χ2v) is 6.66. The smallest absolute Gasteiger partial charge is 0.343 e. The number of amides is 1. The van der Waals surface area contributed by atoms with Crippen molar-refractivity contribution < 1.29 is 23.8 Å². The first kappa shape index (κ1) is 21.9. The standard InChI is InChI=1S/C23H19ClN2O5/c1-29-19-9-5-17(6-10-19)23(28)31-21-4-2-3-16(13-21)14-25-26-22(27)15-30-20-11-7-18(24)8-12-20/h2-14H,15H2,1H3,(H,26,27). The number of esters is 1. The number of rotatable bonds is 8. The van der Waals surface area contributed by atoms with E-state index in [4.69, 9.17) is 25.8 Å². The summed E-state index contributed by atoms with van der Waals surface area (Å²) in [5.41, 5.74) is 3.40. The molecule has 0 heterocycles. The van der Waals surface area contributed by atoms with E-state index in [1.54, 1.807) is 79.9 Å². The Hall–Kier alpha value is -3.84. The number of hydrazone groups is 1. The molecule has 31 heavy (non-hydrogen) atoms. The van der Waals surface area contributed by atoms with Gasteiger partial charge in [0.05, 0.1) is 18.9 Å². The van der Waals surface area contributed by atoms with Gasteiger partial charge in [0.15, 0.2) is 6.61 Å². The molecule has 1 N–H and O–H groups in total. The van der Waals surface area contributed by atoms with Crippen LogP contribution in [0.3, 0.4) is 0 Å². The fraction of sp³-hybridized carbons (Fsp3) is 0.0870. The number of halogens is 1. The third-order valence-corrected chi connectivity index (χ3v) is 4.23. The Kier molecular flexibility index (Phi) is 7.61. The molecule has 0 aliphatic rings. The monoisotopic (exact) mass is 438 g/mol. The molecule has 158 valence electrons. The van der Waals surface area contributed by atoms with Crippen molar-refractivity contribution in [1.82, 2.24) is 5.43 Å². The van der Waals surface area contributed by atoms with E-state index in [0.29, 0.717) is 33.4 Å². The summed E-state index contributed by atoms with van der Waals surface area (Å²) in [7, 11) is 1.55. The molecular formula is C23H19ClN2O5. The number of carbonyl (C=O) groups is 2. The van der Waals surface area contributed by atoms with E-state index >= 15 is 0 Å². The maximum atomic E-state index is 12.3. The highest BCUT2D eigenvalue weighted by molar-refractivity contribution is 6.30. The highest BCUT2D eigenvalue weighted by atomic mass is 35.5. The molecule has 7 nitrogen and oxygen atoms in total. The van der Waals surface area contributed by atoms with Crippen LogP contribution in [0.1, 0.15) is 15.9 Å². The number of nitrogens with one attached hydrogen (secondary N) is 1. The zero-order chi connectivity index (χ0) is 22.1. The molecular weight excluding hydrogens is 420 g/mol. The Bertz CT molecular complexity index is 1070. The molecule has 0 aliphatic carbocycles. The van der Waals surface area contributed by atoms with Gasteiger partial charge in [-0.3, -0.25) is 4.79 Å². The number of hydrogen-bond acceptors (Lipinski definition) is 6. The van der Waals surface area contributed by atoms with Gasteiger partial charge in [-0.1, -0.05) is 23.7 Å². The minimum atomic E-state index is -0.496. The van der Waals surface area contributed by atoms with E-state index in [-0.39, 0.29) is 6.61 Å². The number of benzene rings is 3. The first-order chi connectivity index (χ1) is 15.0. The van der Waals surface area contributed by atoms with E-state index in [1.807, 2.05) is 0 Å². The van der Waals surface area contributed by atoms with Gasteiger partial charge in [0.25, 0.3) is 5.91 Å². The molecule has 0 aromatic heterocycles. The second-order valence-electron chi connectivity index (χ2n) is 6.23. The second kappa shape index (κ2) is 10.8. The number of methoxy groups -OCH3 is 1. The van der Waals surface area contributed by atoms with Crippen molar-refractivity contribution in [3.8, 4) is 17.2 Å². The Morgan fingerprint density at radius 1 is 0.968 bits per heavy atom. The number of hydrogen-bond donors (Lipinski definition) is 1. The van der Waals surface area contributed by atoms with E-state index in [9.17, 15) is 9.59 Å². The van der Waals surface area contributed by atoms with Crippen molar-refractivity contribution in [2.75, 3.05) is 13.7 Å². The van der Waals surface area contributed by atoms with Crippen LogP contribution in [0.15, 0.2) is 77.9 Å². The van der Waals surface area contributed by atoms with Gasteiger partial charge < -0.3 is 14.2 Å². The molecule has 0 fully saturated rings. The lowest BCUT2D eigenvalue weighted by molar-refractivity contribution is -0.123. The van der Waals surface area contributed by atoms with Crippen LogP contribution < -0.4 is 19.6 Å². The van der Waals surface area contributed by atoms with Crippen molar-refractivity contribution in [3.05, 3.63) is 88.9 Å². The van der Waals surface area contributed by atoms with Crippen LogP contribution in [0.25, 0.3) is 0 Å². The zero-order valence-electron chi connectivity index (χ0n) is 16.6. The van der Waals surface area contributed by atoms with Gasteiger partial charge in [0, 0.05) is 5.02 Å². The zero-order valence-corrected chi connectivity index (χ0v) is 17.3. The van der Waals surface area contributed by atoms with Gasteiger partial charge in [0.1, 0.15) is 17.2 Å². The molecule has 0 unspecified atom stereocenters. The molecule has 0 aliphatic heterocycles. The van der Waals surface area contributed by atoms with Crippen LogP contribution in [0.4, 0.5) is 0 Å². The van der Waals surface area contributed by atoms with E-state index in [2.05, 4.69) is 10.5 Å². The molecule has 0 saturated heterocycles. The normalized spacial score (nSPS) is 10.5. The Balaban J connectivity index is 1.50. The molecule has 0 saturated carbocycles. The average molecular weight is 439 g/mol. The van der Waals surface area contributed by atoms with Crippen molar-refractivity contribution in [2.45, 2.75) is 0 Å². The molecule has 3 aromatic carbocycles. The van der Waals surface area contributed by atoms with Crippen LogP contribution >= 0.6 is 11.6 Å². The highest BCUT2D eigenvalue weighted by Crippen LogP contribution is 2.17. The summed E-state index contributed by atoms with van der Waals surface area (Å²) in [4.78, 5) is 24.1. The predicted octanol–water partition coefficient (Wildman–Crippen LogP) is 4.10. The third kappa shape index (κ3) is 6.87. The maximum absolute atomic E-state index is 12.3. The first-order valence-electron chi connectivity index (χ1n) is 9.20. The van der Waals surface area contributed by atoms with Crippen LogP contribution in [0.2, 0.25) is 5.02 Å². The Labute approximate surface area is 184 Å². The first-order valence-corrected chi connectivity index (χ1v) is 9.58. The molecule has 3 rings (SSSR count). The van der Waals surface area contributed by atoms with Gasteiger partial charge >= 0.3 is 5.97 Å².